The van der Waals surface area contributed by atoms with Gasteiger partial charge in [-0.3, -0.25) is 4.90 Å². The summed E-state index contributed by atoms with van der Waals surface area (Å²) < 4.78 is 5.26. The van der Waals surface area contributed by atoms with Crippen molar-refractivity contribution in [3.63, 3.8) is 0 Å². The van der Waals surface area contributed by atoms with Crippen LogP contribution in [-0.4, -0.2) is 28.7 Å². The molecule has 0 spiro atoms. The van der Waals surface area contributed by atoms with Crippen LogP contribution < -0.4 is 0 Å². The van der Waals surface area contributed by atoms with Crippen LogP contribution in [0.4, 0.5) is 4.79 Å². The fourth-order valence-corrected chi connectivity index (χ4v) is 1.73. The standard InChI is InChI=1S/C11H18N2O2/c1-8-5-6-9(7-12)13(8)10(14)15-11(2,3)4/h8-9H,5-6H2,1-4H3/t8-,9-/m0/s1. The van der Waals surface area contributed by atoms with Gasteiger partial charge in [0.15, 0.2) is 0 Å². The lowest BCUT2D eigenvalue weighted by Gasteiger charge is -2.28. The lowest BCUT2D eigenvalue weighted by atomic mass is 10.2. The predicted octanol–water partition coefficient (Wildman–Crippen LogP) is 2.30. The van der Waals surface area contributed by atoms with E-state index >= 15 is 0 Å². The van der Waals surface area contributed by atoms with Crippen molar-refractivity contribution in [3.8, 4) is 6.07 Å². The molecule has 1 amide bonds. The molecule has 84 valence electrons. The van der Waals surface area contributed by atoms with E-state index in [4.69, 9.17) is 10.00 Å². The highest BCUT2D eigenvalue weighted by Crippen LogP contribution is 2.25. The zero-order chi connectivity index (χ0) is 11.6. The summed E-state index contributed by atoms with van der Waals surface area (Å²) in [5.41, 5.74) is -0.501. The van der Waals surface area contributed by atoms with E-state index in [9.17, 15) is 4.79 Å². The molecule has 0 radical (unpaired) electrons. The molecule has 2 atom stereocenters. The van der Waals surface area contributed by atoms with Crippen molar-refractivity contribution >= 4 is 6.09 Å². The largest absolute Gasteiger partial charge is 0.444 e. The average molecular weight is 210 g/mol. The normalized spacial score (nSPS) is 26.2. The third kappa shape index (κ3) is 2.85. The van der Waals surface area contributed by atoms with Gasteiger partial charge in [0, 0.05) is 6.04 Å². The maximum Gasteiger partial charge on any atom is 0.411 e. The number of hydrogen-bond acceptors (Lipinski definition) is 3. The summed E-state index contributed by atoms with van der Waals surface area (Å²) in [7, 11) is 0. The molecule has 1 aliphatic heterocycles. The smallest absolute Gasteiger partial charge is 0.411 e. The summed E-state index contributed by atoms with van der Waals surface area (Å²) >= 11 is 0. The average Bonchev–Trinajstić information content (AvgIpc) is 2.43. The molecule has 0 bridgehead atoms. The Morgan fingerprint density at radius 3 is 2.53 bits per heavy atom. The van der Waals surface area contributed by atoms with Crippen LogP contribution in [0.5, 0.6) is 0 Å². The Hall–Kier alpha value is -1.24. The molecule has 1 rings (SSSR count). The molecule has 0 aliphatic carbocycles. The molecule has 1 saturated heterocycles. The second-order valence-electron chi connectivity index (χ2n) is 4.96. The number of hydrogen-bond donors (Lipinski definition) is 0. The Morgan fingerprint density at radius 2 is 2.07 bits per heavy atom. The minimum Gasteiger partial charge on any atom is -0.444 e. The van der Waals surface area contributed by atoms with Crippen molar-refractivity contribution in [2.75, 3.05) is 0 Å². The molecule has 15 heavy (non-hydrogen) atoms. The number of amides is 1. The van der Waals surface area contributed by atoms with Gasteiger partial charge in [-0.2, -0.15) is 5.26 Å². The van der Waals surface area contributed by atoms with Crippen molar-refractivity contribution in [2.45, 2.75) is 58.2 Å². The fourth-order valence-electron chi connectivity index (χ4n) is 1.73. The first-order valence-electron chi connectivity index (χ1n) is 5.26. The Kier molecular flexibility index (Phi) is 3.23. The molecule has 0 aromatic heterocycles. The van der Waals surface area contributed by atoms with Crippen LogP contribution in [0.25, 0.3) is 0 Å². The van der Waals surface area contributed by atoms with Crippen LogP contribution in [0.2, 0.25) is 0 Å². The molecule has 0 N–H and O–H groups in total. The Balaban J connectivity index is 2.70. The minimum absolute atomic E-state index is 0.101. The third-order valence-corrected chi connectivity index (χ3v) is 2.42. The van der Waals surface area contributed by atoms with E-state index in [-0.39, 0.29) is 18.2 Å². The van der Waals surface area contributed by atoms with Gasteiger partial charge in [0.25, 0.3) is 0 Å². The van der Waals surface area contributed by atoms with Crippen LogP contribution in [0.1, 0.15) is 40.5 Å². The predicted molar refractivity (Wildman–Crippen MR) is 56.2 cm³/mol. The minimum atomic E-state index is -0.501. The van der Waals surface area contributed by atoms with Gasteiger partial charge in [-0.05, 0) is 40.5 Å². The molecule has 1 aliphatic rings. The van der Waals surface area contributed by atoms with Gasteiger partial charge in [-0.25, -0.2) is 4.79 Å². The molecule has 1 heterocycles. The molecule has 0 unspecified atom stereocenters. The van der Waals surface area contributed by atoms with Crippen molar-refractivity contribution in [2.24, 2.45) is 0 Å². The number of nitrogens with zero attached hydrogens (tertiary/aromatic N) is 2. The van der Waals surface area contributed by atoms with Crippen molar-refractivity contribution in [1.29, 1.82) is 5.26 Å². The molecular formula is C11H18N2O2. The molecule has 1 fully saturated rings. The highest BCUT2D eigenvalue weighted by molar-refractivity contribution is 5.69. The maximum absolute atomic E-state index is 11.8. The zero-order valence-electron chi connectivity index (χ0n) is 9.78. The first kappa shape index (κ1) is 11.8. The van der Waals surface area contributed by atoms with E-state index in [0.29, 0.717) is 0 Å². The SMILES string of the molecule is C[C@H]1CC[C@@H](C#N)N1C(=O)OC(C)(C)C. The molecule has 4 nitrogen and oxygen atoms in total. The van der Waals surface area contributed by atoms with E-state index in [1.807, 2.05) is 27.7 Å². The highest BCUT2D eigenvalue weighted by atomic mass is 16.6. The van der Waals surface area contributed by atoms with Crippen LogP contribution in [0.3, 0.4) is 0 Å². The van der Waals surface area contributed by atoms with Crippen LogP contribution in [0.15, 0.2) is 0 Å². The summed E-state index contributed by atoms with van der Waals surface area (Å²) in [6.07, 6.45) is 1.24. The second-order valence-corrected chi connectivity index (χ2v) is 4.96. The summed E-state index contributed by atoms with van der Waals surface area (Å²) in [5.74, 6) is 0. The topological polar surface area (TPSA) is 53.3 Å². The Bertz CT molecular complexity index is 288. The van der Waals surface area contributed by atoms with Gasteiger partial charge in [-0.1, -0.05) is 0 Å². The molecule has 4 heteroatoms. The fraction of sp³-hybridized carbons (Fsp3) is 0.818. The summed E-state index contributed by atoms with van der Waals surface area (Å²) in [5, 5.41) is 8.90. The van der Waals surface area contributed by atoms with Crippen LogP contribution in [-0.2, 0) is 4.74 Å². The lowest BCUT2D eigenvalue weighted by molar-refractivity contribution is 0.0199. The van der Waals surface area contributed by atoms with Gasteiger partial charge in [0.2, 0.25) is 0 Å². The lowest BCUT2D eigenvalue weighted by Crippen LogP contribution is -2.42. The Labute approximate surface area is 90.8 Å². The molecule has 0 aromatic rings. The molecular weight excluding hydrogens is 192 g/mol. The molecule has 0 aromatic carbocycles. The quantitative estimate of drug-likeness (QED) is 0.616. The highest BCUT2D eigenvalue weighted by Gasteiger charge is 2.36. The first-order chi connectivity index (χ1) is 6.85. The number of rotatable bonds is 0. The van der Waals surface area contributed by atoms with E-state index in [1.165, 1.54) is 0 Å². The second kappa shape index (κ2) is 4.09. The van der Waals surface area contributed by atoms with Crippen molar-refractivity contribution < 1.29 is 9.53 Å². The van der Waals surface area contributed by atoms with Crippen LogP contribution in [0, 0.1) is 11.3 Å². The number of likely N-dealkylation sites (tertiary alicyclic amines) is 1. The van der Waals surface area contributed by atoms with E-state index < -0.39 is 5.60 Å². The van der Waals surface area contributed by atoms with E-state index in [1.54, 1.807) is 4.90 Å². The summed E-state index contributed by atoms with van der Waals surface area (Å²) in [4.78, 5) is 13.3. The van der Waals surface area contributed by atoms with Crippen LogP contribution >= 0.6 is 0 Å². The monoisotopic (exact) mass is 210 g/mol. The number of ether oxygens (including phenoxy) is 1. The van der Waals surface area contributed by atoms with Crippen molar-refractivity contribution in [3.05, 3.63) is 0 Å². The van der Waals surface area contributed by atoms with E-state index in [0.717, 1.165) is 12.8 Å². The van der Waals surface area contributed by atoms with Crippen molar-refractivity contribution in [1.82, 2.24) is 4.90 Å². The van der Waals surface area contributed by atoms with Gasteiger partial charge in [0.05, 0.1) is 6.07 Å². The van der Waals surface area contributed by atoms with Gasteiger partial charge < -0.3 is 4.74 Å². The number of carbonyl (C=O) groups excluding carboxylic acids is 1. The first-order valence-corrected chi connectivity index (χ1v) is 5.26. The Morgan fingerprint density at radius 1 is 1.47 bits per heavy atom. The number of nitriles is 1. The number of carbonyl (C=O) groups is 1. The summed E-state index contributed by atoms with van der Waals surface area (Å²) in [6, 6.07) is 1.91. The van der Waals surface area contributed by atoms with Gasteiger partial charge in [0.1, 0.15) is 11.6 Å². The maximum atomic E-state index is 11.8. The zero-order valence-corrected chi connectivity index (χ0v) is 9.78. The molecule has 0 saturated carbocycles. The summed E-state index contributed by atoms with van der Waals surface area (Å²) in [6.45, 7) is 7.42. The van der Waals surface area contributed by atoms with Gasteiger partial charge >= 0.3 is 6.09 Å². The van der Waals surface area contributed by atoms with Gasteiger partial charge in [-0.15, -0.1) is 0 Å². The van der Waals surface area contributed by atoms with E-state index in [2.05, 4.69) is 6.07 Å². The third-order valence-electron chi connectivity index (χ3n) is 2.42.